The number of hydrogen-bond acceptors (Lipinski definition) is 4. The molecule has 2 atom stereocenters. The maximum absolute atomic E-state index is 10.9. The fraction of sp³-hybridized carbons (Fsp3) is 0.875. The van der Waals surface area contributed by atoms with Gasteiger partial charge in [0.25, 0.3) is 10.1 Å². The van der Waals surface area contributed by atoms with Crippen LogP contribution >= 0.6 is 0 Å². The zero-order chi connectivity index (χ0) is 11.8. The molecule has 0 saturated carbocycles. The Hall–Kier alpha value is -0.170. The number of aliphatic hydroxyl groups is 2. The van der Waals surface area contributed by atoms with Crippen molar-refractivity contribution in [3.05, 3.63) is 6.92 Å². The summed E-state index contributed by atoms with van der Waals surface area (Å²) in [4.78, 5) is 0. The molecule has 0 bridgehead atoms. The smallest absolute Gasteiger partial charge is 0.270 e. The molecule has 14 heavy (non-hydrogen) atoms. The second-order valence-corrected chi connectivity index (χ2v) is 5.98. The Labute approximate surface area is 84.5 Å². The standard InChI is InChI=1S/C8H17O5S/c1-7(2,9)5-6(8(3,4)10)14(11,12)13/h6,9-10H,3,5H2,1-2,4H3,(H,11,12,13). The van der Waals surface area contributed by atoms with Crippen LogP contribution in [0.15, 0.2) is 0 Å². The Balaban J connectivity index is 4.98. The highest BCUT2D eigenvalue weighted by Crippen LogP contribution is 2.24. The lowest BCUT2D eigenvalue weighted by molar-refractivity contribution is 0.0302. The SMILES string of the molecule is [CH2]C(C)(O)C(CC(C)(C)O)S(=O)(=O)O. The van der Waals surface area contributed by atoms with E-state index in [9.17, 15) is 18.6 Å². The van der Waals surface area contributed by atoms with Gasteiger partial charge in [-0.05, 0) is 34.1 Å². The van der Waals surface area contributed by atoms with Crippen molar-refractivity contribution in [2.75, 3.05) is 0 Å². The molecule has 0 rings (SSSR count). The first-order valence-electron chi connectivity index (χ1n) is 4.10. The van der Waals surface area contributed by atoms with Gasteiger partial charge in [0, 0.05) is 0 Å². The lowest BCUT2D eigenvalue weighted by Gasteiger charge is -2.30. The fourth-order valence-corrected chi connectivity index (χ4v) is 2.36. The molecule has 0 aromatic carbocycles. The maximum Gasteiger partial charge on any atom is 0.270 e. The summed E-state index contributed by atoms with van der Waals surface area (Å²) < 4.78 is 30.6. The zero-order valence-corrected chi connectivity index (χ0v) is 9.37. The van der Waals surface area contributed by atoms with E-state index < -0.39 is 26.6 Å². The van der Waals surface area contributed by atoms with E-state index in [-0.39, 0.29) is 6.42 Å². The summed E-state index contributed by atoms with van der Waals surface area (Å²) in [5.41, 5.74) is -3.14. The molecule has 0 spiro atoms. The molecule has 6 heteroatoms. The molecule has 0 saturated heterocycles. The lowest BCUT2D eigenvalue weighted by Crippen LogP contribution is -2.46. The van der Waals surface area contributed by atoms with Gasteiger partial charge in [0.2, 0.25) is 0 Å². The van der Waals surface area contributed by atoms with Crippen molar-refractivity contribution in [1.29, 1.82) is 0 Å². The summed E-state index contributed by atoms with van der Waals surface area (Å²) >= 11 is 0. The van der Waals surface area contributed by atoms with E-state index in [1.807, 2.05) is 0 Å². The molecule has 1 radical (unpaired) electrons. The number of hydrogen-bond donors (Lipinski definition) is 3. The fourth-order valence-electron chi connectivity index (χ4n) is 1.10. The van der Waals surface area contributed by atoms with Gasteiger partial charge in [-0.2, -0.15) is 8.42 Å². The summed E-state index contributed by atoms with van der Waals surface area (Å²) in [6, 6.07) is 0. The molecule has 0 aliphatic heterocycles. The van der Waals surface area contributed by atoms with E-state index >= 15 is 0 Å². The van der Waals surface area contributed by atoms with Gasteiger partial charge in [0.05, 0.1) is 11.2 Å². The van der Waals surface area contributed by atoms with Crippen LogP contribution < -0.4 is 0 Å². The van der Waals surface area contributed by atoms with Crippen LogP contribution in [-0.2, 0) is 10.1 Å². The van der Waals surface area contributed by atoms with Crippen molar-refractivity contribution in [2.45, 2.75) is 43.6 Å². The third-order valence-corrected chi connectivity index (χ3v) is 3.13. The van der Waals surface area contributed by atoms with Gasteiger partial charge in [-0.3, -0.25) is 4.55 Å². The molecular formula is C8H17O5S. The molecule has 0 amide bonds. The summed E-state index contributed by atoms with van der Waals surface area (Å²) in [5, 5.41) is 17.3. The summed E-state index contributed by atoms with van der Waals surface area (Å²) in [7, 11) is -4.43. The van der Waals surface area contributed by atoms with Crippen molar-refractivity contribution in [1.82, 2.24) is 0 Å². The third-order valence-electron chi connectivity index (χ3n) is 1.74. The van der Waals surface area contributed by atoms with Crippen LogP contribution in [0.1, 0.15) is 27.2 Å². The van der Waals surface area contributed by atoms with Crippen molar-refractivity contribution in [3.8, 4) is 0 Å². The Bertz CT molecular complexity index is 280. The predicted octanol–water partition coefficient (Wildman–Crippen LogP) is -0.0111. The first-order chi connectivity index (χ1) is 5.84. The molecule has 0 aliphatic carbocycles. The topological polar surface area (TPSA) is 94.8 Å². The van der Waals surface area contributed by atoms with Gasteiger partial charge in [-0.25, -0.2) is 0 Å². The normalized spacial score (nSPS) is 16.8. The largest absolute Gasteiger partial charge is 0.390 e. The summed E-state index contributed by atoms with van der Waals surface area (Å²) in [6.45, 7) is 7.16. The molecule has 0 aromatic heterocycles. The van der Waals surface area contributed by atoms with Crippen molar-refractivity contribution >= 4 is 10.1 Å². The minimum absolute atomic E-state index is 0.289. The van der Waals surface area contributed by atoms with Crippen molar-refractivity contribution in [2.24, 2.45) is 0 Å². The van der Waals surface area contributed by atoms with Crippen LogP contribution in [0.3, 0.4) is 0 Å². The first kappa shape index (κ1) is 13.8. The van der Waals surface area contributed by atoms with Crippen LogP contribution in [0.25, 0.3) is 0 Å². The van der Waals surface area contributed by atoms with Gasteiger partial charge in [0.15, 0.2) is 0 Å². The van der Waals surface area contributed by atoms with E-state index in [2.05, 4.69) is 6.92 Å². The molecule has 2 unspecified atom stereocenters. The van der Waals surface area contributed by atoms with Crippen molar-refractivity contribution < 1.29 is 23.2 Å². The molecule has 0 aliphatic rings. The molecule has 3 N–H and O–H groups in total. The van der Waals surface area contributed by atoms with Gasteiger partial charge in [-0.1, -0.05) is 0 Å². The van der Waals surface area contributed by atoms with Crippen molar-refractivity contribution in [3.63, 3.8) is 0 Å². The highest BCUT2D eigenvalue weighted by atomic mass is 32.2. The summed E-state index contributed by atoms with van der Waals surface area (Å²) in [5.74, 6) is 0. The monoisotopic (exact) mass is 225 g/mol. The van der Waals surface area contributed by atoms with Gasteiger partial charge in [0.1, 0.15) is 5.25 Å². The Kier molecular flexibility index (Phi) is 3.72. The number of rotatable bonds is 4. The molecule has 85 valence electrons. The van der Waals surface area contributed by atoms with E-state index in [1.54, 1.807) is 0 Å². The molecule has 0 heterocycles. The zero-order valence-electron chi connectivity index (χ0n) is 8.56. The molecule has 5 nitrogen and oxygen atoms in total. The van der Waals surface area contributed by atoms with E-state index in [0.717, 1.165) is 6.92 Å². The minimum Gasteiger partial charge on any atom is -0.390 e. The van der Waals surface area contributed by atoms with E-state index in [0.29, 0.717) is 0 Å². The van der Waals surface area contributed by atoms with Crippen LogP contribution in [0.2, 0.25) is 0 Å². The Morgan fingerprint density at radius 1 is 1.29 bits per heavy atom. The highest BCUT2D eigenvalue weighted by molar-refractivity contribution is 7.86. The molecule has 0 fully saturated rings. The van der Waals surface area contributed by atoms with Crippen LogP contribution in [-0.4, -0.2) is 39.6 Å². The average Bonchev–Trinajstić information content (AvgIpc) is 1.75. The maximum atomic E-state index is 10.9. The minimum atomic E-state index is -4.43. The van der Waals surface area contributed by atoms with E-state index in [1.165, 1.54) is 13.8 Å². The molecule has 0 aromatic rings. The second kappa shape index (κ2) is 3.77. The average molecular weight is 225 g/mol. The quantitative estimate of drug-likeness (QED) is 0.585. The van der Waals surface area contributed by atoms with Gasteiger partial charge >= 0.3 is 0 Å². The van der Waals surface area contributed by atoms with E-state index in [4.69, 9.17) is 4.55 Å². The molecular weight excluding hydrogens is 208 g/mol. The Morgan fingerprint density at radius 3 is 1.71 bits per heavy atom. The highest BCUT2D eigenvalue weighted by Gasteiger charge is 2.40. The first-order valence-corrected chi connectivity index (χ1v) is 5.61. The van der Waals surface area contributed by atoms with Crippen LogP contribution in [0.4, 0.5) is 0 Å². The van der Waals surface area contributed by atoms with Gasteiger partial charge in [-0.15, -0.1) is 0 Å². The summed E-state index contributed by atoms with van der Waals surface area (Å²) in [6.07, 6.45) is -0.289. The van der Waals surface area contributed by atoms with Crippen LogP contribution in [0, 0.1) is 6.92 Å². The predicted molar refractivity (Wildman–Crippen MR) is 52.2 cm³/mol. The lowest BCUT2D eigenvalue weighted by atomic mass is 9.94. The van der Waals surface area contributed by atoms with Gasteiger partial charge < -0.3 is 10.2 Å². The third kappa shape index (κ3) is 4.90. The second-order valence-electron chi connectivity index (χ2n) is 4.38. The van der Waals surface area contributed by atoms with Crippen LogP contribution in [0.5, 0.6) is 0 Å². The Morgan fingerprint density at radius 2 is 1.64 bits per heavy atom.